The van der Waals surface area contributed by atoms with Crippen molar-refractivity contribution in [3.63, 3.8) is 0 Å². The van der Waals surface area contributed by atoms with Crippen LogP contribution in [0.15, 0.2) is 42.5 Å². The lowest BCUT2D eigenvalue weighted by molar-refractivity contribution is -0.116. The number of hydrogen-bond acceptors (Lipinski definition) is 4. The van der Waals surface area contributed by atoms with Crippen LogP contribution in [0.1, 0.15) is 5.82 Å². The van der Waals surface area contributed by atoms with E-state index in [1.165, 1.54) is 4.57 Å². The lowest BCUT2D eigenvalue weighted by Gasteiger charge is -2.10. The molecule has 136 valence electrons. The monoisotopic (exact) mass is 379 g/mol. The molecule has 0 aliphatic rings. The number of rotatable bonds is 5. The number of halogens is 2. The van der Waals surface area contributed by atoms with Crippen LogP contribution in [0.4, 0.5) is 14.5 Å². The van der Waals surface area contributed by atoms with Gasteiger partial charge in [-0.3, -0.25) is 4.79 Å². The Labute approximate surface area is 148 Å². The van der Waals surface area contributed by atoms with Crippen molar-refractivity contribution in [1.29, 1.82) is 0 Å². The molecule has 1 heterocycles. The van der Waals surface area contributed by atoms with Crippen LogP contribution in [0.5, 0.6) is 0 Å². The van der Waals surface area contributed by atoms with Crippen molar-refractivity contribution in [1.82, 2.24) is 9.55 Å². The average Bonchev–Trinajstić information content (AvgIpc) is 2.86. The first kappa shape index (κ1) is 18.0. The average molecular weight is 379 g/mol. The van der Waals surface area contributed by atoms with Gasteiger partial charge in [0.2, 0.25) is 5.91 Å². The number of hydrogen-bond donors (Lipinski definition) is 1. The van der Waals surface area contributed by atoms with Gasteiger partial charge in [-0.05, 0) is 24.3 Å². The fraction of sp³-hybridized carbons (Fsp3) is 0.176. The standard InChI is InChI=1S/C17H15F2N3O3S/c1-26(24,25)10-16-20-14-4-2-3-5-15(14)22(16)9-17(23)21-13-7-6-11(18)8-12(13)19/h2-8H,9-10H2,1H3,(H,21,23). The molecule has 0 saturated carbocycles. The number of sulfone groups is 1. The van der Waals surface area contributed by atoms with Gasteiger partial charge in [-0.2, -0.15) is 0 Å². The Bertz CT molecular complexity index is 1090. The third-order valence-corrected chi connectivity index (χ3v) is 4.41. The van der Waals surface area contributed by atoms with Crippen LogP contribution in [-0.4, -0.2) is 30.1 Å². The molecule has 0 spiro atoms. The van der Waals surface area contributed by atoms with Gasteiger partial charge in [0.05, 0.1) is 16.7 Å². The van der Waals surface area contributed by atoms with Crippen LogP contribution in [0.2, 0.25) is 0 Å². The largest absolute Gasteiger partial charge is 0.322 e. The molecule has 26 heavy (non-hydrogen) atoms. The van der Waals surface area contributed by atoms with Crippen LogP contribution >= 0.6 is 0 Å². The SMILES string of the molecule is CS(=O)(=O)Cc1nc2ccccc2n1CC(=O)Nc1ccc(F)cc1F. The first-order chi connectivity index (χ1) is 12.2. The number of amides is 1. The van der Waals surface area contributed by atoms with Gasteiger partial charge < -0.3 is 9.88 Å². The van der Waals surface area contributed by atoms with Crippen LogP contribution in [-0.2, 0) is 26.9 Å². The maximum absolute atomic E-state index is 13.7. The molecule has 1 aromatic heterocycles. The van der Waals surface area contributed by atoms with E-state index in [9.17, 15) is 22.0 Å². The number of carbonyl (C=O) groups is 1. The summed E-state index contributed by atoms with van der Waals surface area (Å²) in [5.41, 5.74) is 0.971. The molecular weight excluding hydrogens is 364 g/mol. The maximum atomic E-state index is 13.7. The highest BCUT2D eigenvalue weighted by atomic mass is 32.2. The fourth-order valence-corrected chi connectivity index (χ4v) is 3.26. The van der Waals surface area contributed by atoms with Crippen molar-refractivity contribution in [3.05, 3.63) is 59.9 Å². The number of nitrogens with one attached hydrogen (secondary N) is 1. The second-order valence-corrected chi connectivity index (χ2v) is 7.99. The van der Waals surface area contributed by atoms with Gasteiger partial charge in [-0.1, -0.05) is 12.1 Å². The molecule has 1 amide bonds. The molecule has 2 aromatic carbocycles. The Morgan fingerprint density at radius 1 is 1.19 bits per heavy atom. The zero-order chi connectivity index (χ0) is 18.9. The van der Waals surface area contributed by atoms with Crippen LogP contribution in [0.25, 0.3) is 11.0 Å². The molecule has 0 bridgehead atoms. The maximum Gasteiger partial charge on any atom is 0.244 e. The van der Waals surface area contributed by atoms with Gasteiger partial charge in [-0.25, -0.2) is 22.2 Å². The molecule has 9 heteroatoms. The first-order valence-electron chi connectivity index (χ1n) is 7.60. The lowest BCUT2D eigenvalue weighted by atomic mass is 10.3. The van der Waals surface area contributed by atoms with Crippen LogP contribution < -0.4 is 5.32 Å². The van der Waals surface area contributed by atoms with Crippen molar-refractivity contribution < 1.29 is 22.0 Å². The van der Waals surface area contributed by atoms with Gasteiger partial charge in [0.1, 0.15) is 29.8 Å². The van der Waals surface area contributed by atoms with Crippen molar-refractivity contribution >= 4 is 32.5 Å². The number of nitrogens with zero attached hydrogens (tertiary/aromatic N) is 2. The highest BCUT2D eigenvalue weighted by Crippen LogP contribution is 2.19. The second kappa shape index (κ2) is 6.83. The minimum Gasteiger partial charge on any atom is -0.322 e. The third-order valence-electron chi connectivity index (χ3n) is 3.63. The van der Waals surface area contributed by atoms with E-state index in [0.717, 1.165) is 18.4 Å². The van der Waals surface area contributed by atoms with E-state index in [1.54, 1.807) is 24.3 Å². The summed E-state index contributed by atoms with van der Waals surface area (Å²) in [7, 11) is -3.37. The zero-order valence-electron chi connectivity index (χ0n) is 13.7. The van der Waals surface area contributed by atoms with Crippen molar-refractivity contribution in [2.24, 2.45) is 0 Å². The molecule has 0 aliphatic heterocycles. The minimum atomic E-state index is -3.37. The Kier molecular flexibility index (Phi) is 4.73. The summed E-state index contributed by atoms with van der Waals surface area (Å²) in [4.78, 5) is 16.6. The number of benzene rings is 2. The van der Waals surface area contributed by atoms with Gasteiger partial charge in [0, 0.05) is 12.3 Å². The van der Waals surface area contributed by atoms with Crippen molar-refractivity contribution in [2.75, 3.05) is 11.6 Å². The van der Waals surface area contributed by atoms with Crippen molar-refractivity contribution in [2.45, 2.75) is 12.3 Å². The number of para-hydroxylation sites is 2. The molecule has 0 atom stereocenters. The third kappa shape index (κ3) is 4.05. The summed E-state index contributed by atoms with van der Waals surface area (Å²) in [5.74, 6) is -2.36. The number of anilines is 1. The molecule has 3 rings (SSSR count). The molecule has 0 aliphatic carbocycles. The van der Waals surface area contributed by atoms with E-state index in [1.807, 2.05) is 0 Å². The molecule has 1 N–H and O–H groups in total. The topological polar surface area (TPSA) is 81.1 Å². The van der Waals surface area contributed by atoms with E-state index in [2.05, 4.69) is 10.3 Å². The van der Waals surface area contributed by atoms with Gasteiger partial charge in [-0.15, -0.1) is 0 Å². The summed E-state index contributed by atoms with van der Waals surface area (Å²) in [6, 6.07) is 9.71. The molecule has 0 fully saturated rings. The molecule has 0 radical (unpaired) electrons. The second-order valence-electron chi connectivity index (χ2n) is 5.85. The lowest BCUT2D eigenvalue weighted by Crippen LogP contribution is -2.21. The van der Waals surface area contributed by atoms with E-state index in [4.69, 9.17) is 0 Å². The molecule has 3 aromatic rings. The number of fused-ring (bicyclic) bond motifs is 1. The summed E-state index contributed by atoms with van der Waals surface area (Å²) in [6.45, 7) is -0.262. The molecule has 0 saturated heterocycles. The number of carbonyl (C=O) groups excluding carboxylic acids is 1. The molecular formula is C17H15F2N3O3S. The van der Waals surface area contributed by atoms with E-state index in [-0.39, 0.29) is 23.8 Å². The van der Waals surface area contributed by atoms with Crippen LogP contribution in [0.3, 0.4) is 0 Å². The van der Waals surface area contributed by atoms with Crippen LogP contribution in [0, 0.1) is 11.6 Å². The highest BCUT2D eigenvalue weighted by Gasteiger charge is 2.18. The Morgan fingerprint density at radius 2 is 1.92 bits per heavy atom. The van der Waals surface area contributed by atoms with E-state index in [0.29, 0.717) is 17.1 Å². The first-order valence-corrected chi connectivity index (χ1v) is 9.66. The van der Waals surface area contributed by atoms with Crippen molar-refractivity contribution in [3.8, 4) is 0 Å². The van der Waals surface area contributed by atoms with Gasteiger partial charge in [0.25, 0.3) is 0 Å². The quantitative estimate of drug-likeness (QED) is 0.739. The summed E-state index contributed by atoms with van der Waals surface area (Å²) < 4.78 is 51.4. The number of aromatic nitrogens is 2. The Morgan fingerprint density at radius 3 is 2.62 bits per heavy atom. The van der Waals surface area contributed by atoms with Gasteiger partial charge >= 0.3 is 0 Å². The summed E-state index contributed by atoms with van der Waals surface area (Å²) >= 11 is 0. The minimum absolute atomic E-state index is 0.162. The predicted octanol–water partition coefficient (Wildman–Crippen LogP) is 2.50. The zero-order valence-corrected chi connectivity index (χ0v) is 14.6. The summed E-state index contributed by atoms with van der Waals surface area (Å²) in [6.07, 6.45) is 1.07. The predicted molar refractivity (Wildman–Crippen MR) is 93.3 cm³/mol. The van der Waals surface area contributed by atoms with E-state index >= 15 is 0 Å². The summed E-state index contributed by atoms with van der Waals surface area (Å²) in [5, 5.41) is 2.35. The molecule has 6 nitrogen and oxygen atoms in total. The number of imidazole rings is 1. The Balaban J connectivity index is 1.91. The van der Waals surface area contributed by atoms with Gasteiger partial charge in [0.15, 0.2) is 9.84 Å². The van der Waals surface area contributed by atoms with E-state index < -0.39 is 27.4 Å². The normalized spacial score (nSPS) is 11.7. The smallest absolute Gasteiger partial charge is 0.244 e. The molecule has 0 unspecified atom stereocenters. The fourth-order valence-electron chi connectivity index (χ4n) is 2.57. The Hall–Kier alpha value is -2.81. The highest BCUT2D eigenvalue weighted by molar-refractivity contribution is 7.89.